The van der Waals surface area contributed by atoms with Crippen LogP contribution in [0.5, 0.6) is 0 Å². The summed E-state index contributed by atoms with van der Waals surface area (Å²) in [6.45, 7) is 2.60. The molecule has 3 rings (SSSR count). The van der Waals surface area contributed by atoms with Crippen molar-refractivity contribution in [2.24, 2.45) is 0 Å². The van der Waals surface area contributed by atoms with Crippen molar-refractivity contribution < 1.29 is 4.79 Å². The van der Waals surface area contributed by atoms with E-state index in [0.29, 0.717) is 6.04 Å². The molecule has 124 valence electrons. The maximum Gasteiger partial charge on any atom is 0.221 e. The lowest BCUT2D eigenvalue weighted by Crippen LogP contribution is -2.36. The van der Waals surface area contributed by atoms with Crippen molar-refractivity contribution in [1.82, 2.24) is 5.32 Å². The predicted octanol–water partition coefficient (Wildman–Crippen LogP) is 3.82. The lowest BCUT2D eigenvalue weighted by Gasteiger charge is -2.27. The second-order valence-electron chi connectivity index (χ2n) is 5.85. The highest BCUT2D eigenvalue weighted by Gasteiger charge is 2.20. The number of halogens is 1. The molecule has 0 aliphatic heterocycles. The number of benzene rings is 1. The zero-order chi connectivity index (χ0) is 15.4. The van der Waals surface area contributed by atoms with E-state index >= 15 is 0 Å². The molecule has 2 N–H and O–H groups in total. The van der Waals surface area contributed by atoms with Gasteiger partial charge in [0.05, 0.1) is 0 Å². The van der Waals surface area contributed by atoms with E-state index in [4.69, 9.17) is 0 Å². The van der Waals surface area contributed by atoms with Crippen LogP contribution in [0, 0.1) is 0 Å². The molecule has 0 saturated heterocycles. The van der Waals surface area contributed by atoms with Crippen molar-refractivity contribution in [1.29, 1.82) is 0 Å². The van der Waals surface area contributed by atoms with Gasteiger partial charge >= 0.3 is 0 Å². The Bertz CT molecular complexity index is 642. The first-order chi connectivity index (χ1) is 10.7. The molecule has 5 heteroatoms. The molecule has 1 amide bonds. The average molecular weight is 351 g/mol. The van der Waals surface area contributed by atoms with Gasteiger partial charge in [-0.1, -0.05) is 18.2 Å². The summed E-state index contributed by atoms with van der Waals surface area (Å²) in [5.41, 5.74) is 3.67. The van der Waals surface area contributed by atoms with E-state index in [9.17, 15) is 4.79 Å². The fraction of sp³-hybridized carbons (Fsp3) is 0.389. The normalized spacial score (nSPS) is 16.3. The van der Waals surface area contributed by atoms with Gasteiger partial charge in [-0.05, 0) is 54.3 Å². The number of carbonyl (C=O) groups excluding carboxylic acids is 1. The average Bonchev–Trinajstić information content (AvgIpc) is 3.00. The summed E-state index contributed by atoms with van der Waals surface area (Å²) < 4.78 is 0. The van der Waals surface area contributed by atoms with Crippen molar-refractivity contribution in [3.8, 4) is 0 Å². The Balaban J connectivity index is 0.00000192. The molecule has 0 radical (unpaired) electrons. The van der Waals surface area contributed by atoms with Crippen molar-refractivity contribution in [2.45, 2.75) is 38.6 Å². The molecule has 1 aliphatic carbocycles. The minimum absolute atomic E-state index is 0. The third kappa shape index (κ3) is 4.80. The van der Waals surface area contributed by atoms with Gasteiger partial charge in [0, 0.05) is 30.1 Å². The minimum atomic E-state index is 0. The molecule has 1 unspecified atom stereocenters. The van der Waals surface area contributed by atoms with E-state index in [-0.39, 0.29) is 18.3 Å². The third-order valence-electron chi connectivity index (χ3n) is 4.18. The Morgan fingerprint density at radius 3 is 2.91 bits per heavy atom. The van der Waals surface area contributed by atoms with Gasteiger partial charge in [-0.25, -0.2) is 0 Å². The molecule has 1 heterocycles. The summed E-state index contributed by atoms with van der Waals surface area (Å²) in [7, 11) is 0. The molecule has 0 bridgehead atoms. The van der Waals surface area contributed by atoms with Crippen LogP contribution in [-0.2, 0) is 24.1 Å². The van der Waals surface area contributed by atoms with Gasteiger partial charge in [0.25, 0.3) is 0 Å². The summed E-state index contributed by atoms with van der Waals surface area (Å²) in [5, 5.41) is 8.77. The first-order valence-corrected chi connectivity index (χ1v) is 8.74. The minimum Gasteiger partial charge on any atom is -0.326 e. The monoisotopic (exact) mass is 350 g/mol. The van der Waals surface area contributed by atoms with Crippen LogP contribution >= 0.6 is 23.7 Å². The van der Waals surface area contributed by atoms with Gasteiger partial charge in [-0.2, -0.15) is 0 Å². The Morgan fingerprint density at radius 2 is 2.17 bits per heavy atom. The molecule has 1 atom stereocenters. The van der Waals surface area contributed by atoms with Crippen molar-refractivity contribution in [3.63, 3.8) is 0 Å². The van der Waals surface area contributed by atoms with E-state index < -0.39 is 0 Å². The van der Waals surface area contributed by atoms with Gasteiger partial charge in [-0.3, -0.25) is 4.79 Å². The van der Waals surface area contributed by atoms with Crippen LogP contribution < -0.4 is 10.6 Å². The number of nitrogens with one attached hydrogen (secondary N) is 2. The summed E-state index contributed by atoms with van der Waals surface area (Å²) in [5.74, 6) is 0.00426. The number of hydrogen-bond acceptors (Lipinski definition) is 3. The Kier molecular flexibility index (Phi) is 6.63. The molecule has 3 nitrogen and oxygen atoms in total. The summed E-state index contributed by atoms with van der Waals surface area (Å²) in [6, 6.07) is 11.1. The smallest absolute Gasteiger partial charge is 0.221 e. The van der Waals surface area contributed by atoms with Crippen molar-refractivity contribution in [3.05, 3.63) is 51.7 Å². The Hall–Kier alpha value is -1.36. The van der Waals surface area contributed by atoms with Crippen LogP contribution in [0.3, 0.4) is 0 Å². The number of amides is 1. The molecular weight excluding hydrogens is 328 g/mol. The van der Waals surface area contributed by atoms with Gasteiger partial charge in [0.15, 0.2) is 0 Å². The van der Waals surface area contributed by atoms with Crippen molar-refractivity contribution >= 4 is 35.3 Å². The van der Waals surface area contributed by atoms with Crippen LogP contribution in [0.2, 0.25) is 0 Å². The first kappa shape index (κ1) is 18.0. The molecule has 1 aromatic heterocycles. The summed E-state index contributed by atoms with van der Waals surface area (Å²) in [4.78, 5) is 12.7. The molecular formula is C18H23ClN2OS. The van der Waals surface area contributed by atoms with Crippen LogP contribution in [-0.4, -0.2) is 18.5 Å². The molecule has 0 saturated carbocycles. The summed E-state index contributed by atoms with van der Waals surface area (Å²) in [6.07, 6.45) is 4.32. The van der Waals surface area contributed by atoms with Gasteiger partial charge < -0.3 is 10.6 Å². The molecule has 0 spiro atoms. The van der Waals surface area contributed by atoms with Gasteiger partial charge in [0.2, 0.25) is 5.91 Å². The van der Waals surface area contributed by atoms with E-state index in [1.165, 1.54) is 16.0 Å². The SMILES string of the molecule is CC(=O)Nc1cccc2c1CCC(NCCc1cccs1)C2.Cl. The zero-order valence-corrected chi connectivity index (χ0v) is 14.9. The number of carbonyl (C=O) groups is 1. The van der Waals surface area contributed by atoms with E-state index in [2.05, 4.69) is 34.2 Å². The molecule has 23 heavy (non-hydrogen) atoms. The number of fused-ring (bicyclic) bond motifs is 1. The van der Waals surface area contributed by atoms with Crippen LogP contribution in [0.4, 0.5) is 5.69 Å². The standard InChI is InChI=1S/C18H22N2OS.ClH/c1-13(21)20-18-6-2-4-14-12-15(7-8-17(14)18)19-10-9-16-5-3-11-22-16;/h2-6,11,15,19H,7-10,12H2,1H3,(H,20,21);1H. The Morgan fingerprint density at radius 1 is 1.30 bits per heavy atom. The highest BCUT2D eigenvalue weighted by Crippen LogP contribution is 2.28. The van der Waals surface area contributed by atoms with Gasteiger partial charge in [-0.15, -0.1) is 23.7 Å². The first-order valence-electron chi connectivity index (χ1n) is 7.86. The van der Waals surface area contributed by atoms with Crippen molar-refractivity contribution in [2.75, 3.05) is 11.9 Å². The Labute approximate surface area is 147 Å². The van der Waals surface area contributed by atoms with Crippen LogP contribution in [0.15, 0.2) is 35.7 Å². The highest BCUT2D eigenvalue weighted by molar-refractivity contribution is 7.09. The number of thiophene rings is 1. The molecule has 1 aromatic carbocycles. The fourth-order valence-corrected chi connectivity index (χ4v) is 3.85. The third-order valence-corrected chi connectivity index (χ3v) is 5.11. The van der Waals surface area contributed by atoms with Crippen LogP contribution in [0.1, 0.15) is 29.3 Å². The lowest BCUT2D eigenvalue weighted by molar-refractivity contribution is -0.114. The van der Waals surface area contributed by atoms with E-state index in [0.717, 1.165) is 37.9 Å². The fourth-order valence-electron chi connectivity index (χ4n) is 3.14. The topological polar surface area (TPSA) is 41.1 Å². The van der Waals surface area contributed by atoms with Gasteiger partial charge in [0.1, 0.15) is 0 Å². The van der Waals surface area contributed by atoms with E-state index in [1.54, 1.807) is 6.92 Å². The molecule has 1 aliphatic rings. The second kappa shape index (κ2) is 8.48. The number of anilines is 1. The quantitative estimate of drug-likeness (QED) is 0.860. The zero-order valence-electron chi connectivity index (χ0n) is 13.3. The second-order valence-corrected chi connectivity index (χ2v) is 6.88. The van der Waals surface area contributed by atoms with Crippen LogP contribution in [0.25, 0.3) is 0 Å². The van der Waals surface area contributed by atoms with E-state index in [1.807, 2.05) is 23.5 Å². The predicted molar refractivity (Wildman–Crippen MR) is 99.8 cm³/mol. The maximum absolute atomic E-state index is 11.3. The molecule has 0 fully saturated rings. The number of hydrogen-bond donors (Lipinski definition) is 2. The molecule has 2 aromatic rings. The highest BCUT2D eigenvalue weighted by atomic mass is 35.5. The summed E-state index contributed by atoms with van der Waals surface area (Å²) >= 11 is 1.83. The lowest BCUT2D eigenvalue weighted by atomic mass is 9.87. The largest absolute Gasteiger partial charge is 0.326 e. The number of rotatable bonds is 5. The maximum atomic E-state index is 11.3.